The number of amides is 4. The van der Waals surface area contributed by atoms with Crippen molar-refractivity contribution in [3.05, 3.63) is 60.2 Å². The number of nitrogens with zero attached hydrogens (tertiary/aromatic N) is 1. The number of nitrogens with one attached hydrogen (secondary N) is 2. The molecule has 2 fully saturated rings. The Labute approximate surface area is 183 Å². The van der Waals surface area contributed by atoms with E-state index in [-0.39, 0.29) is 30.3 Å². The second kappa shape index (κ2) is 8.53. The van der Waals surface area contributed by atoms with Crippen LogP contribution in [0, 0.1) is 5.92 Å². The van der Waals surface area contributed by atoms with E-state index < -0.39 is 11.6 Å². The number of hydrogen-bond acceptors (Lipinski definition) is 3. The van der Waals surface area contributed by atoms with Gasteiger partial charge < -0.3 is 10.6 Å². The highest BCUT2D eigenvalue weighted by molar-refractivity contribution is 6.09. The van der Waals surface area contributed by atoms with Crippen LogP contribution in [0.2, 0.25) is 0 Å². The van der Waals surface area contributed by atoms with Crippen LogP contribution in [0.5, 0.6) is 0 Å². The van der Waals surface area contributed by atoms with Gasteiger partial charge in [-0.25, -0.2) is 4.79 Å². The van der Waals surface area contributed by atoms with Gasteiger partial charge in [0.1, 0.15) is 12.1 Å². The highest BCUT2D eigenvalue weighted by Crippen LogP contribution is 2.38. The van der Waals surface area contributed by atoms with Gasteiger partial charge in [-0.1, -0.05) is 74.4 Å². The molecule has 1 saturated heterocycles. The van der Waals surface area contributed by atoms with Crippen molar-refractivity contribution in [3.63, 3.8) is 0 Å². The fourth-order valence-electron chi connectivity index (χ4n) is 4.75. The van der Waals surface area contributed by atoms with Crippen molar-refractivity contribution in [3.8, 4) is 11.1 Å². The molecule has 4 amide bonds. The summed E-state index contributed by atoms with van der Waals surface area (Å²) in [6, 6.07) is 17.4. The zero-order valence-corrected chi connectivity index (χ0v) is 18.1. The van der Waals surface area contributed by atoms with E-state index in [1.54, 1.807) is 0 Å². The van der Waals surface area contributed by atoms with Crippen LogP contribution in [0.25, 0.3) is 11.1 Å². The number of rotatable bonds is 5. The molecule has 2 aromatic carbocycles. The zero-order chi connectivity index (χ0) is 22.0. The van der Waals surface area contributed by atoms with Crippen LogP contribution < -0.4 is 10.6 Å². The lowest BCUT2D eigenvalue weighted by Gasteiger charge is -2.36. The number of hydrogen-bond donors (Lipinski definition) is 2. The van der Waals surface area contributed by atoms with Gasteiger partial charge in [-0.05, 0) is 42.4 Å². The predicted molar refractivity (Wildman–Crippen MR) is 119 cm³/mol. The summed E-state index contributed by atoms with van der Waals surface area (Å²) in [4.78, 5) is 39.2. The first-order valence-electron chi connectivity index (χ1n) is 11.0. The first-order chi connectivity index (χ1) is 14.9. The first-order valence-corrected chi connectivity index (χ1v) is 11.0. The lowest BCUT2D eigenvalue weighted by Crippen LogP contribution is -2.54. The summed E-state index contributed by atoms with van der Waals surface area (Å²) in [5.74, 6) is -0.531. The predicted octanol–water partition coefficient (Wildman–Crippen LogP) is 4.03. The summed E-state index contributed by atoms with van der Waals surface area (Å²) < 4.78 is 0. The van der Waals surface area contributed by atoms with E-state index >= 15 is 0 Å². The van der Waals surface area contributed by atoms with Gasteiger partial charge in [0.25, 0.3) is 5.91 Å². The molecule has 1 aliphatic heterocycles. The molecule has 1 saturated carbocycles. The molecule has 162 valence electrons. The van der Waals surface area contributed by atoms with Crippen molar-refractivity contribution in [2.45, 2.75) is 51.1 Å². The Kier molecular flexibility index (Phi) is 5.81. The number of imide groups is 1. The second-order valence-electron chi connectivity index (χ2n) is 8.72. The summed E-state index contributed by atoms with van der Waals surface area (Å²) in [6.45, 7) is 3.64. The lowest BCUT2D eigenvalue weighted by atomic mass is 9.73. The van der Waals surface area contributed by atoms with E-state index in [2.05, 4.69) is 22.8 Å². The minimum Gasteiger partial charge on any atom is -0.348 e. The molecule has 2 aliphatic rings. The van der Waals surface area contributed by atoms with Gasteiger partial charge in [-0.3, -0.25) is 14.5 Å². The Morgan fingerprint density at radius 1 is 1.10 bits per heavy atom. The average Bonchev–Trinajstić information content (AvgIpc) is 3.01. The molecule has 6 nitrogen and oxygen atoms in total. The van der Waals surface area contributed by atoms with Gasteiger partial charge in [0.05, 0.1) is 6.04 Å². The maximum atomic E-state index is 13.0. The standard InChI is InChI=1S/C25H29N3O3/c1-17-8-6-7-15-25(17)23(30)28(24(31)27-25)16-22(29)26-18(2)19-11-13-21(14-12-19)20-9-4-3-5-10-20/h3-5,9-14,17-18H,6-8,15-16H2,1-2H3,(H,26,29)(H,27,31)/t17-,18-,25-/m0/s1. The lowest BCUT2D eigenvalue weighted by molar-refractivity contribution is -0.137. The Morgan fingerprint density at radius 3 is 2.45 bits per heavy atom. The van der Waals surface area contributed by atoms with Crippen molar-refractivity contribution < 1.29 is 14.4 Å². The molecule has 2 N–H and O–H groups in total. The normalized spacial score (nSPS) is 24.2. The molecule has 3 atom stereocenters. The molecule has 0 unspecified atom stereocenters. The van der Waals surface area contributed by atoms with Gasteiger partial charge >= 0.3 is 6.03 Å². The zero-order valence-electron chi connectivity index (χ0n) is 18.1. The Bertz CT molecular complexity index is 973. The summed E-state index contributed by atoms with van der Waals surface area (Å²) in [7, 11) is 0. The van der Waals surface area contributed by atoms with Gasteiger partial charge in [0.2, 0.25) is 5.91 Å². The number of carbonyl (C=O) groups excluding carboxylic acids is 3. The van der Waals surface area contributed by atoms with Crippen molar-refractivity contribution in [2.24, 2.45) is 5.92 Å². The highest BCUT2D eigenvalue weighted by Gasteiger charge is 2.55. The highest BCUT2D eigenvalue weighted by atomic mass is 16.2. The third-order valence-electron chi connectivity index (χ3n) is 6.70. The van der Waals surface area contributed by atoms with Crippen molar-refractivity contribution in [2.75, 3.05) is 6.54 Å². The van der Waals surface area contributed by atoms with Gasteiger partial charge in [0, 0.05) is 0 Å². The van der Waals surface area contributed by atoms with Crippen molar-refractivity contribution in [1.29, 1.82) is 0 Å². The fraction of sp³-hybridized carbons (Fsp3) is 0.400. The van der Waals surface area contributed by atoms with Crippen LogP contribution in [0.4, 0.5) is 4.79 Å². The average molecular weight is 420 g/mol. The van der Waals surface area contributed by atoms with Crippen molar-refractivity contribution in [1.82, 2.24) is 15.5 Å². The van der Waals surface area contributed by atoms with Crippen molar-refractivity contribution >= 4 is 17.8 Å². The molecule has 0 bridgehead atoms. The van der Waals surface area contributed by atoms with Crippen LogP contribution in [0.15, 0.2) is 54.6 Å². The molecule has 1 heterocycles. The summed E-state index contributed by atoms with van der Waals surface area (Å²) in [5.41, 5.74) is 2.36. The number of carbonyl (C=O) groups is 3. The maximum Gasteiger partial charge on any atom is 0.325 e. The second-order valence-corrected chi connectivity index (χ2v) is 8.72. The topological polar surface area (TPSA) is 78.5 Å². The third-order valence-corrected chi connectivity index (χ3v) is 6.70. The van der Waals surface area contributed by atoms with E-state index in [1.807, 2.05) is 56.3 Å². The first kappa shape index (κ1) is 21.1. The minimum absolute atomic E-state index is 0.0767. The quantitative estimate of drug-likeness (QED) is 0.718. The van der Waals surface area contributed by atoms with E-state index in [9.17, 15) is 14.4 Å². The van der Waals surface area contributed by atoms with E-state index in [0.717, 1.165) is 40.9 Å². The summed E-state index contributed by atoms with van der Waals surface area (Å²) in [5, 5.41) is 5.80. The molecule has 6 heteroatoms. The molecule has 2 aromatic rings. The SMILES string of the molecule is C[C@H](NC(=O)CN1C(=O)N[C@]2(CCCC[C@@H]2C)C1=O)c1ccc(-c2ccccc2)cc1. The number of urea groups is 1. The molecule has 0 radical (unpaired) electrons. The van der Waals surface area contributed by atoms with Crippen LogP contribution in [0.3, 0.4) is 0 Å². The van der Waals surface area contributed by atoms with Gasteiger partial charge in [0.15, 0.2) is 0 Å². The van der Waals surface area contributed by atoms with E-state index in [0.29, 0.717) is 6.42 Å². The van der Waals surface area contributed by atoms with E-state index in [1.165, 1.54) is 0 Å². The molecule has 4 rings (SSSR count). The van der Waals surface area contributed by atoms with Gasteiger partial charge in [-0.2, -0.15) is 0 Å². The molecule has 1 spiro atoms. The Hall–Kier alpha value is -3.15. The van der Waals surface area contributed by atoms with Crippen LogP contribution in [-0.4, -0.2) is 34.8 Å². The molecular formula is C25H29N3O3. The van der Waals surface area contributed by atoms with Gasteiger partial charge in [-0.15, -0.1) is 0 Å². The Balaban J connectivity index is 1.38. The summed E-state index contributed by atoms with van der Waals surface area (Å²) in [6.07, 6.45) is 3.52. The minimum atomic E-state index is -0.839. The molecule has 0 aromatic heterocycles. The molecule has 31 heavy (non-hydrogen) atoms. The maximum absolute atomic E-state index is 13.0. The van der Waals surface area contributed by atoms with Crippen LogP contribution in [0.1, 0.15) is 51.1 Å². The monoisotopic (exact) mass is 419 g/mol. The third kappa shape index (κ3) is 4.07. The van der Waals surface area contributed by atoms with E-state index in [4.69, 9.17) is 0 Å². The molecular weight excluding hydrogens is 390 g/mol. The summed E-state index contributed by atoms with van der Waals surface area (Å²) >= 11 is 0. The smallest absolute Gasteiger partial charge is 0.325 e. The largest absolute Gasteiger partial charge is 0.348 e. The van der Waals surface area contributed by atoms with Crippen LogP contribution >= 0.6 is 0 Å². The Morgan fingerprint density at radius 2 is 1.77 bits per heavy atom. The fourth-order valence-corrected chi connectivity index (χ4v) is 4.75. The number of benzene rings is 2. The molecule has 1 aliphatic carbocycles. The van der Waals surface area contributed by atoms with Crippen LogP contribution in [-0.2, 0) is 9.59 Å².